The van der Waals surface area contributed by atoms with Crippen molar-refractivity contribution in [3.05, 3.63) is 48.2 Å². The van der Waals surface area contributed by atoms with Crippen molar-refractivity contribution in [2.75, 3.05) is 27.4 Å². The van der Waals surface area contributed by atoms with Crippen LogP contribution < -0.4 is 10.1 Å². The first kappa shape index (κ1) is 15.8. The van der Waals surface area contributed by atoms with E-state index in [4.69, 9.17) is 9.47 Å². The SMILES string of the molecule is COCCNCc1ccc(Sc2ccc(OC)cc2)nc1. The Morgan fingerprint density at radius 2 is 1.90 bits per heavy atom. The van der Waals surface area contributed by atoms with Crippen molar-refractivity contribution in [2.24, 2.45) is 0 Å². The zero-order valence-corrected chi connectivity index (χ0v) is 13.2. The summed E-state index contributed by atoms with van der Waals surface area (Å²) in [4.78, 5) is 5.62. The Kier molecular flexibility index (Phi) is 6.53. The van der Waals surface area contributed by atoms with Crippen LogP contribution in [0.15, 0.2) is 52.5 Å². The predicted molar refractivity (Wildman–Crippen MR) is 84.9 cm³/mol. The van der Waals surface area contributed by atoms with E-state index < -0.39 is 0 Å². The largest absolute Gasteiger partial charge is 0.497 e. The van der Waals surface area contributed by atoms with E-state index in [1.165, 1.54) is 5.56 Å². The smallest absolute Gasteiger partial charge is 0.118 e. The van der Waals surface area contributed by atoms with Crippen LogP contribution in [0.3, 0.4) is 0 Å². The molecule has 112 valence electrons. The summed E-state index contributed by atoms with van der Waals surface area (Å²) in [6.45, 7) is 2.38. The first-order chi connectivity index (χ1) is 10.3. The van der Waals surface area contributed by atoms with Crippen molar-refractivity contribution in [3.8, 4) is 5.75 Å². The van der Waals surface area contributed by atoms with Crippen LogP contribution in [0.4, 0.5) is 0 Å². The molecule has 2 rings (SSSR count). The van der Waals surface area contributed by atoms with Crippen LogP contribution in [-0.4, -0.2) is 32.4 Å². The van der Waals surface area contributed by atoms with Gasteiger partial charge in [0.15, 0.2) is 0 Å². The van der Waals surface area contributed by atoms with Crippen LogP contribution in [-0.2, 0) is 11.3 Å². The fourth-order valence-corrected chi connectivity index (χ4v) is 2.50. The van der Waals surface area contributed by atoms with Gasteiger partial charge in [0.2, 0.25) is 0 Å². The van der Waals surface area contributed by atoms with Gasteiger partial charge in [0, 0.05) is 31.3 Å². The maximum atomic E-state index is 5.15. The highest BCUT2D eigenvalue weighted by atomic mass is 32.2. The van der Waals surface area contributed by atoms with E-state index in [0.717, 1.165) is 35.4 Å². The lowest BCUT2D eigenvalue weighted by Crippen LogP contribution is -2.18. The number of ether oxygens (including phenoxy) is 2. The second kappa shape index (κ2) is 8.67. The first-order valence-corrected chi connectivity index (χ1v) is 7.60. The number of pyridine rings is 1. The van der Waals surface area contributed by atoms with Gasteiger partial charge in [-0.15, -0.1) is 0 Å². The summed E-state index contributed by atoms with van der Waals surface area (Å²) in [5.74, 6) is 0.866. The monoisotopic (exact) mass is 304 g/mol. The fourth-order valence-electron chi connectivity index (χ4n) is 1.75. The first-order valence-electron chi connectivity index (χ1n) is 6.78. The van der Waals surface area contributed by atoms with E-state index in [2.05, 4.69) is 16.4 Å². The van der Waals surface area contributed by atoms with Crippen LogP contribution in [0, 0.1) is 0 Å². The summed E-state index contributed by atoms with van der Waals surface area (Å²) < 4.78 is 10.1. The van der Waals surface area contributed by atoms with Crippen molar-refractivity contribution < 1.29 is 9.47 Å². The molecule has 5 heteroatoms. The molecule has 0 saturated heterocycles. The van der Waals surface area contributed by atoms with Crippen LogP contribution >= 0.6 is 11.8 Å². The maximum Gasteiger partial charge on any atom is 0.118 e. The van der Waals surface area contributed by atoms with E-state index in [-0.39, 0.29) is 0 Å². The Morgan fingerprint density at radius 3 is 2.52 bits per heavy atom. The number of methoxy groups -OCH3 is 2. The average molecular weight is 304 g/mol. The van der Waals surface area contributed by atoms with Gasteiger partial charge in [-0.2, -0.15) is 0 Å². The number of nitrogens with one attached hydrogen (secondary N) is 1. The van der Waals surface area contributed by atoms with Gasteiger partial charge >= 0.3 is 0 Å². The molecule has 0 amide bonds. The van der Waals surface area contributed by atoms with Gasteiger partial charge in [0.05, 0.1) is 13.7 Å². The van der Waals surface area contributed by atoms with Crippen LogP contribution in [0.5, 0.6) is 5.75 Å². The highest BCUT2D eigenvalue weighted by Crippen LogP contribution is 2.27. The summed E-state index contributed by atoms with van der Waals surface area (Å²) in [6.07, 6.45) is 1.91. The zero-order chi connectivity index (χ0) is 14.9. The Morgan fingerprint density at radius 1 is 1.10 bits per heavy atom. The molecule has 0 unspecified atom stereocenters. The lowest BCUT2D eigenvalue weighted by Gasteiger charge is -2.06. The quantitative estimate of drug-likeness (QED) is 0.760. The molecule has 0 aliphatic rings. The molecule has 0 bridgehead atoms. The van der Waals surface area contributed by atoms with Gasteiger partial charge < -0.3 is 14.8 Å². The lowest BCUT2D eigenvalue weighted by atomic mass is 10.3. The Hall–Kier alpha value is -1.56. The average Bonchev–Trinajstić information content (AvgIpc) is 2.54. The molecule has 0 spiro atoms. The molecule has 1 aromatic carbocycles. The molecule has 4 nitrogen and oxygen atoms in total. The third-order valence-electron chi connectivity index (χ3n) is 2.89. The van der Waals surface area contributed by atoms with Gasteiger partial charge in [0.25, 0.3) is 0 Å². The third-order valence-corrected chi connectivity index (χ3v) is 3.85. The van der Waals surface area contributed by atoms with E-state index in [0.29, 0.717) is 0 Å². The number of aromatic nitrogens is 1. The molecule has 0 saturated carbocycles. The molecule has 1 heterocycles. The van der Waals surface area contributed by atoms with Crippen LogP contribution in [0.1, 0.15) is 5.56 Å². The number of benzene rings is 1. The zero-order valence-electron chi connectivity index (χ0n) is 12.3. The normalized spacial score (nSPS) is 10.6. The minimum absolute atomic E-state index is 0.721. The summed E-state index contributed by atoms with van der Waals surface area (Å²) in [7, 11) is 3.37. The van der Waals surface area contributed by atoms with Gasteiger partial charge in [-0.05, 0) is 35.9 Å². The minimum atomic E-state index is 0.721. The van der Waals surface area contributed by atoms with Crippen molar-refractivity contribution in [3.63, 3.8) is 0 Å². The molecular formula is C16H20N2O2S. The summed E-state index contributed by atoms with van der Waals surface area (Å²) in [5.41, 5.74) is 1.17. The Labute approximate surface area is 129 Å². The van der Waals surface area contributed by atoms with Crippen molar-refractivity contribution in [2.45, 2.75) is 16.5 Å². The Balaban J connectivity index is 1.86. The molecule has 0 atom stereocenters. The van der Waals surface area contributed by atoms with Gasteiger partial charge in [0.1, 0.15) is 10.8 Å². The molecule has 1 aromatic heterocycles. The number of nitrogens with zero attached hydrogens (tertiary/aromatic N) is 1. The van der Waals surface area contributed by atoms with Crippen molar-refractivity contribution in [1.82, 2.24) is 10.3 Å². The van der Waals surface area contributed by atoms with Crippen molar-refractivity contribution in [1.29, 1.82) is 0 Å². The minimum Gasteiger partial charge on any atom is -0.497 e. The van der Waals surface area contributed by atoms with Crippen LogP contribution in [0.2, 0.25) is 0 Å². The highest BCUT2D eigenvalue weighted by molar-refractivity contribution is 7.99. The summed E-state index contributed by atoms with van der Waals surface area (Å²) >= 11 is 1.64. The lowest BCUT2D eigenvalue weighted by molar-refractivity contribution is 0.199. The van der Waals surface area contributed by atoms with E-state index >= 15 is 0 Å². The number of rotatable bonds is 8. The van der Waals surface area contributed by atoms with Gasteiger partial charge in [-0.1, -0.05) is 17.8 Å². The highest BCUT2D eigenvalue weighted by Gasteiger charge is 2.00. The molecule has 21 heavy (non-hydrogen) atoms. The third kappa shape index (κ3) is 5.38. The summed E-state index contributed by atoms with van der Waals surface area (Å²) in [5, 5.41) is 4.29. The second-order valence-corrected chi connectivity index (χ2v) is 5.55. The van der Waals surface area contributed by atoms with Crippen LogP contribution in [0.25, 0.3) is 0 Å². The van der Waals surface area contributed by atoms with Gasteiger partial charge in [-0.25, -0.2) is 4.98 Å². The predicted octanol–water partition coefficient (Wildman–Crippen LogP) is 2.98. The molecule has 0 radical (unpaired) electrons. The second-order valence-electron chi connectivity index (χ2n) is 4.45. The molecule has 0 aliphatic heterocycles. The Bertz CT molecular complexity index is 529. The van der Waals surface area contributed by atoms with Crippen molar-refractivity contribution >= 4 is 11.8 Å². The van der Waals surface area contributed by atoms with E-state index in [1.54, 1.807) is 26.0 Å². The molecule has 2 aromatic rings. The van der Waals surface area contributed by atoms with E-state index in [9.17, 15) is 0 Å². The maximum absolute atomic E-state index is 5.15. The topological polar surface area (TPSA) is 43.4 Å². The molecule has 0 aliphatic carbocycles. The molecule has 1 N–H and O–H groups in total. The summed E-state index contributed by atoms with van der Waals surface area (Å²) in [6, 6.07) is 12.1. The number of hydrogen-bond donors (Lipinski definition) is 1. The molecular weight excluding hydrogens is 284 g/mol. The van der Waals surface area contributed by atoms with Gasteiger partial charge in [-0.3, -0.25) is 0 Å². The standard InChI is InChI=1S/C16H20N2O2S/c1-19-10-9-17-11-13-3-8-16(18-12-13)21-15-6-4-14(20-2)5-7-15/h3-8,12,17H,9-11H2,1-2H3. The molecule has 0 fully saturated rings. The van der Waals surface area contributed by atoms with E-state index in [1.807, 2.05) is 36.5 Å². The fraction of sp³-hybridized carbons (Fsp3) is 0.312. The number of hydrogen-bond acceptors (Lipinski definition) is 5.